The van der Waals surface area contributed by atoms with Crippen LogP contribution in [0.5, 0.6) is 5.75 Å². The molecule has 0 spiro atoms. The smallest absolute Gasteiger partial charge is 0.246 e. The lowest BCUT2D eigenvalue weighted by atomic mass is 10.1. The lowest BCUT2D eigenvalue weighted by Gasteiger charge is -2.34. The zero-order valence-corrected chi connectivity index (χ0v) is 15.2. The van der Waals surface area contributed by atoms with Gasteiger partial charge in [-0.05, 0) is 41.0 Å². The standard InChI is InChI=1S/C22H23FN2O2/c23-20-5-1-17(2-6-20)4-8-22(26)25-12-10-24(11-13-25)16-18-3-7-21-19(15-18)9-14-27-21/h1-8,15H,9-14,16H2/b8-4-. The highest BCUT2D eigenvalue weighted by molar-refractivity contribution is 5.91. The van der Waals surface area contributed by atoms with Crippen molar-refractivity contribution in [3.05, 3.63) is 71.0 Å². The Hall–Kier alpha value is -2.66. The van der Waals surface area contributed by atoms with Crippen molar-refractivity contribution in [2.45, 2.75) is 13.0 Å². The van der Waals surface area contributed by atoms with Gasteiger partial charge in [-0.1, -0.05) is 24.3 Å². The maximum atomic E-state index is 12.9. The van der Waals surface area contributed by atoms with Crippen LogP contribution in [0.1, 0.15) is 16.7 Å². The minimum Gasteiger partial charge on any atom is -0.493 e. The molecule has 1 fully saturated rings. The van der Waals surface area contributed by atoms with Crippen LogP contribution < -0.4 is 4.74 Å². The molecule has 0 atom stereocenters. The highest BCUT2D eigenvalue weighted by Crippen LogP contribution is 2.26. The second-order valence-corrected chi connectivity index (χ2v) is 7.03. The van der Waals surface area contributed by atoms with Gasteiger partial charge in [-0.2, -0.15) is 0 Å². The van der Waals surface area contributed by atoms with Crippen LogP contribution in [0.3, 0.4) is 0 Å². The van der Waals surface area contributed by atoms with Crippen molar-refractivity contribution < 1.29 is 13.9 Å². The fourth-order valence-corrected chi connectivity index (χ4v) is 3.57. The van der Waals surface area contributed by atoms with E-state index >= 15 is 0 Å². The first-order chi connectivity index (χ1) is 13.2. The van der Waals surface area contributed by atoms with Gasteiger partial charge in [0.25, 0.3) is 0 Å². The molecule has 2 aromatic carbocycles. The van der Waals surface area contributed by atoms with Crippen LogP contribution in [-0.4, -0.2) is 48.5 Å². The summed E-state index contributed by atoms with van der Waals surface area (Å²) in [7, 11) is 0. The van der Waals surface area contributed by atoms with Gasteiger partial charge in [0, 0.05) is 45.2 Å². The predicted octanol–water partition coefficient (Wildman–Crippen LogP) is 3.12. The number of rotatable bonds is 4. The number of piperazine rings is 1. The predicted molar refractivity (Wildman–Crippen MR) is 103 cm³/mol. The highest BCUT2D eigenvalue weighted by atomic mass is 19.1. The molecule has 2 aliphatic heterocycles. The summed E-state index contributed by atoms with van der Waals surface area (Å²) in [6.45, 7) is 4.86. The summed E-state index contributed by atoms with van der Waals surface area (Å²) in [5.74, 6) is 0.751. The van der Waals surface area contributed by atoms with E-state index in [0.717, 1.165) is 57.1 Å². The van der Waals surface area contributed by atoms with Gasteiger partial charge in [0.2, 0.25) is 5.91 Å². The van der Waals surface area contributed by atoms with Crippen molar-refractivity contribution in [3.8, 4) is 5.75 Å². The van der Waals surface area contributed by atoms with Crippen molar-refractivity contribution in [3.63, 3.8) is 0 Å². The average molecular weight is 366 g/mol. The third-order valence-electron chi connectivity index (χ3n) is 5.13. The lowest BCUT2D eigenvalue weighted by molar-refractivity contribution is -0.127. The number of ether oxygens (including phenoxy) is 1. The number of benzene rings is 2. The summed E-state index contributed by atoms with van der Waals surface area (Å²) in [6, 6.07) is 12.6. The Bertz CT molecular complexity index is 840. The number of hydrogen-bond acceptors (Lipinski definition) is 3. The molecule has 140 valence electrons. The zero-order valence-electron chi connectivity index (χ0n) is 15.2. The number of carbonyl (C=O) groups is 1. The second-order valence-electron chi connectivity index (χ2n) is 7.03. The van der Waals surface area contributed by atoms with Crippen LogP contribution in [0.2, 0.25) is 0 Å². The second kappa shape index (κ2) is 7.92. The molecule has 0 saturated carbocycles. The minimum atomic E-state index is -0.273. The maximum absolute atomic E-state index is 12.9. The summed E-state index contributed by atoms with van der Waals surface area (Å²) < 4.78 is 18.5. The third-order valence-corrected chi connectivity index (χ3v) is 5.13. The normalized spacial score (nSPS) is 17.1. The van der Waals surface area contributed by atoms with E-state index in [4.69, 9.17) is 4.74 Å². The van der Waals surface area contributed by atoms with Crippen molar-refractivity contribution in [2.75, 3.05) is 32.8 Å². The number of halogens is 1. The van der Waals surface area contributed by atoms with Crippen molar-refractivity contribution in [2.24, 2.45) is 0 Å². The molecule has 2 aromatic rings. The van der Waals surface area contributed by atoms with E-state index in [0.29, 0.717) is 0 Å². The molecule has 0 radical (unpaired) electrons. The van der Waals surface area contributed by atoms with E-state index < -0.39 is 0 Å². The molecule has 4 nitrogen and oxygen atoms in total. The molecule has 27 heavy (non-hydrogen) atoms. The molecule has 1 saturated heterocycles. The number of amides is 1. The van der Waals surface area contributed by atoms with E-state index in [1.807, 2.05) is 4.90 Å². The molecule has 0 N–H and O–H groups in total. The van der Waals surface area contributed by atoms with Gasteiger partial charge in [0.05, 0.1) is 6.61 Å². The quantitative estimate of drug-likeness (QED) is 0.780. The van der Waals surface area contributed by atoms with E-state index in [2.05, 4.69) is 23.1 Å². The van der Waals surface area contributed by atoms with Crippen LogP contribution in [0.25, 0.3) is 6.08 Å². The van der Waals surface area contributed by atoms with Crippen molar-refractivity contribution in [1.82, 2.24) is 9.80 Å². The molecule has 4 rings (SSSR count). The first-order valence-corrected chi connectivity index (χ1v) is 9.37. The molecular formula is C22H23FN2O2. The molecule has 0 bridgehead atoms. The van der Waals surface area contributed by atoms with Gasteiger partial charge >= 0.3 is 0 Å². The summed E-state index contributed by atoms with van der Waals surface area (Å²) >= 11 is 0. The van der Waals surface area contributed by atoms with E-state index in [-0.39, 0.29) is 11.7 Å². The molecule has 5 heteroatoms. The Kier molecular flexibility index (Phi) is 5.21. The van der Waals surface area contributed by atoms with Crippen LogP contribution in [-0.2, 0) is 17.8 Å². The van der Waals surface area contributed by atoms with E-state index in [1.54, 1.807) is 24.3 Å². The van der Waals surface area contributed by atoms with Crippen LogP contribution in [0.15, 0.2) is 48.5 Å². The molecular weight excluding hydrogens is 343 g/mol. The van der Waals surface area contributed by atoms with Crippen LogP contribution in [0.4, 0.5) is 4.39 Å². The fourth-order valence-electron chi connectivity index (χ4n) is 3.57. The molecule has 2 aliphatic rings. The Balaban J connectivity index is 1.28. The first-order valence-electron chi connectivity index (χ1n) is 9.37. The third kappa shape index (κ3) is 4.37. The number of hydrogen-bond donors (Lipinski definition) is 0. The molecule has 0 unspecified atom stereocenters. The Morgan fingerprint density at radius 1 is 1.07 bits per heavy atom. The van der Waals surface area contributed by atoms with Gasteiger partial charge in [-0.25, -0.2) is 4.39 Å². The molecule has 1 amide bonds. The maximum Gasteiger partial charge on any atom is 0.246 e. The SMILES string of the molecule is O=C(/C=C\c1ccc(F)cc1)N1CCN(Cc2ccc3c(c2)CCO3)CC1. The van der Waals surface area contributed by atoms with Crippen molar-refractivity contribution >= 4 is 12.0 Å². The largest absolute Gasteiger partial charge is 0.493 e. The minimum absolute atomic E-state index is 0.00801. The fraction of sp³-hybridized carbons (Fsp3) is 0.318. The van der Waals surface area contributed by atoms with Gasteiger partial charge in [0.1, 0.15) is 11.6 Å². The number of carbonyl (C=O) groups excluding carboxylic acids is 1. The first kappa shape index (κ1) is 17.7. The van der Waals surface area contributed by atoms with Crippen molar-refractivity contribution in [1.29, 1.82) is 0 Å². The van der Waals surface area contributed by atoms with Crippen LogP contribution >= 0.6 is 0 Å². The number of fused-ring (bicyclic) bond motifs is 1. The number of nitrogens with zero attached hydrogens (tertiary/aromatic N) is 2. The average Bonchev–Trinajstić information content (AvgIpc) is 3.16. The zero-order chi connectivity index (χ0) is 18.6. The van der Waals surface area contributed by atoms with Gasteiger partial charge < -0.3 is 9.64 Å². The summed E-state index contributed by atoms with van der Waals surface area (Å²) in [5, 5.41) is 0. The Morgan fingerprint density at radius 2 is 1.85 bits per heavy atom. The molecule has 0 aromatic heterocycles. The monoisotopic (exact) mass is 366 g/mol. The van der Waals surface area contributed by atoms with Gasteiger partial charge in [-0.15, -0.1) is 0 Å². The topological polar surface area (TPSA) is 32.8 Å². The Labute approximate surface area is 158 Å². The molecule has 2 heterocycles. The van der Waals surface area contributed by atoms with Gasteiger partial charge in [-0.3, -0.25) is 9.69 Å². The molecule has 0 aliphatic carbocycles. The van der Waals surface area contributed by atoms with Crippen LogP contribution in [0, 0.1) is 5.82 Å². The summed E-state index contributed by atoms with van der Waals surface area (Å²) in [6.07, 6.45) is 4.30. The lowest BCUT2D eigenvalue weighted by Crippen LogP contribution is -2.47. The Morgan fingerprint density at radius 3 is 2.63 bits per heavy atom. The summed E-state index contributed by atoms with van der Waals surface area (Å²) in [4.78, 5) is 16.6. The van der Waals surface area contributed by atoms with E-state index in [9.17, 15) is 9.18 Å². The van der Waals surface area contributed by atoms with E-state index in [1.165, 1.54) is 23.3 Å². The van der Waals surface area contributed by atoms with Gasteiger partial charge in [0.15, 0.2) is 0 Å². The summed E-state index contributed by atoms with van der Waals surface area (Å²) in [5.41, 5.74) is 3.42. The highest BCUT2D eigenvalue weighted by Gasteiger charge is 2.20.